The van der Waals surface area contributed by atoms with Gasteiger partial charge in [-0.2, -0.15) is 0 Å². The fourth-order valence-electron chi connectivity index (χ4n) is 1.28. The van der Waals surface area contributed by atoms with Crippen molar-refractivity contribution < 1.29 is 9.90 Å². The van der Waals surface area contributed by atoms with E-state index in [1.54, 1.807) is 29.3 Å². The summed E-state index contributed by atoms with van der Waals surface area (Å²) >= 11 is 8.46. The van der Waals surface area contributed by atoms with Crippen molar-refractivity contribution in [2.45, 2.75) is 0 Å². The van der Waals surface area contributed by atoms with Gasteiger partial charge in [-0.15, -0.1) is 12.6 Å². The second-order valence-corrected chi connectivity index (χ2v) is 4.98. The van der Waals surface area contributed by atoms with E-state index in [0.717, 1.165) is 5.39 Å². The molecule has 0 amide bonds. The van der Waals surface area contributed by atoms with Crippen LogP contribution >= 0.6 is 24.8 Å². The van der Waals surface area contributed by atoms with Gasteiger partial charge in [0.15, 0.2) is 0 Å². The van der Waals surface area contributed by atoms with Gasteiger partial charge >= 0.3 is 5.97 Å². The van der Waals surface area contributed by atoms with Crippen molar-refractivity contribution in [3.63, 3.8) is 0 Å². The zero-order valence-electron chi connectivity index (χ0n) is 10.6. The van der Waals surface area contributed by atoms with Crippen LogP contribution in [0.1, 0.15) is 10.4 Å². The standard InChI is InChI=1S/C10H7NO2.C3H7NS2/c12-10(13)8-5-1-3-7-4-2-6-11-9(7)8;1-4(2)3(5)6/h1-6H,(H,12,13);1-2H3,(H,5,6). The zero-order valence-corrected chi connectivity index (χ0v) is 12.3. The minimum Gasteiger partial charge on any atom is -0.478 e. The maximum Gasteiger partial charge on any atom is 0.337 e. The number of para-hydroxylation sites is 1. The lowest BCUT2D eigenvalue weighted by Gasteiger charge is -2.05. The molecule has 0 saturated carbocycles. The van der Waals surface area contributed by atoms with E-state index in [1.807, 2.05) is 26.2 Å². The summed E-state index contributed by atoms with van der Waals surface area (Å²) in [6, 6.07) is 8.74. The van der Waals surface area contributed by atoms with E-state index in [2.05, 4.69) is 29.8 Å². The monoisotopic (exact) mass is 294 g/mol. The smallest absolute Gasteiger partial charge is 0.337 e. The number of carboxylic acids is 1. The van der Waals surface area contributed by atoms with Crippen molar-refractivity contribution in [3.8, 4) is 0 Å². The number of hydrogen-bond acceptors (Lipinski definition) is 3. The Kier molecular flexibility index (Phi) is 5.72. The number of rotatable bonds is 1. The molecule has 0 spiro atoms. The molecule has 1 aromatic heterocycles. The summed E-state index contributed by atoms with van der Waals surface area (Å²) in [5.74, 6) is -0.940. The molecular weight excluding hydrogens is 280 g/mol. The van der Waals surface area contributed by atoms with E-state index in [0.29, 0.717) is 9.84 Å². The summed E-state index contributed by atoms with van der Waals surface area (Å²) in [5.41, 5.74) is 0.788. The Morgan fingerprint density at radius 3 is 2.42 bits per heavy atom. The molecule has 0 fully saturated rings. The van der Waals surface area contributed by atoms with Gasteiger partial charge in [0.25, 0.3) is 0 Å². The Bertz CT molecular complexity index is 595. The molecule has 1 N–H and O–H groups in total. The van der Waals surface area contributed by atoms with Crippen molar-refractivity contribution in [2.75, 3.05) is 14.1 Å². The molecule has 0 atom stereocenters. The van der Waals surface area contributed by atoms with Gasteiger partial charge in [-0.05, 0) is 12.1 Å². The Hall–Kier alpha value is -1.66. The van der Waals surface area contributed by atoms with Crippen LogP contribution in [0.25, 0.3) is 10.9 Å². The third kappa shape index (κ3) is 4.50. The maximum atomic E-state index is 10.8. The number of aromatic carboxylic acids is 1. The van der Waals surface area contributed by atoms with E-state index >= 15 is 0 Å². The molecule has 0 aliphatic heterocycles. The third-order valence-corrected chi connectivity index (χ3v) is 3.01. The number of thiol groups is 1. The van der Waals surface area contributed by atoms with Crippen molar-refractivity contribution >= 4 is 46.0 Å². The predicted molar refractivity (Wildman–Crippen MR) is 84.0 cm³/mol. The van der Waals surface area contributed by atoms with Crippen LogP contribution < -0.4 is 0 Å². The first-order valence-corrected chi connectivity index (χ1v) is 6.26. The molecule has 0 aliphatic rings. The van der Waals surface area contributed by atoms with Gasteiger partial charge in [-0.3, -0.25) is 4.98 Å². The van der Waals surface area contributed by atoms with Crippen LogP contribution in [0, 0.1) is 0 Å². The number of carboxylic acid groups (broad SMARTS) is 1. The number of aromatic nitrogens is 1. The minimum absolute atomic E-state index is 0.248. The van der Waals surface area contributed by atoms with Crippen LogP contribution in [0.5, 0.6) is 0 Å². The van der Waals surface area contributed by atoms with E-state index in [4.69, 9.17) is 5.11 Å². The quantitative estimate of drug-likeness (QED) is 0.625. The third-order valence-electron chi connectivity index (χ3n) is 2.25. The van der Waals surface area contributed by atoms with E-state index < -0.39 is 5.97 Å². The molecule has 4 nitrogen and oxygen atoms in total. The predicted octanol–water partition coefficient (Wildman–Crippen LogP) is 2.70. The molecular formula is C13H14N2O2S2. The van der Waals surface area contributed by atoms with Crippen LogP contribution in [0.3, 0.4) is 0 Å². The summed E-state index contributed by atoms with van der Waals surface area (Å²) in [5, 5.41) is 9.69. The zero-order chi connectivity index (χ0) is 14.4. The number of thiocarbonyl (C=S) groups is 1. The van der Waals surface area contributed by atoms with Crippen molar-refractivity contribution in [1.29, 1.82) is 0 Å². The van der Waals surface area contributed by atoms with Crippen molar-refractivity contribution in [1.82, 2.24) is 9.88 Å². The molecule has 6 heteroatoms. The Morgan fingerprint density at radius 1 is 1.32 bits per heavy atom. The summed E-state index contributed by atoms with van der Waals surface area (Å²) in [7, 11) is 3.71. The number of benzene rings is 1. The van der Waals surface area contributed by atoms with Crippen LogP contribution in [-0.4, -0.2) is 39.4 Å². The summed E-state index contributed by atoms with van der Waals surface area (Å²) in [6.45, 7) is 0. The lowest BCUT2D eigenvalue weighted by Crippen LogP contribution is -2.12. The van der Waals surface area contributed by atoms with Gasteiger partial charge in [0, 0.05) is 25.7 Å². The first-order valence-electron chi connectivity index (χ1n) is 5.40. The molecule has 0 bridgehead atoms. The van der Waals surface area contributed by atoms with Gasteiger partial charge in [0.1, 0.15) is 4.32 Å². The van der Waals surface area contributed by atoms with Gasteiger partial charge in [0.2, 0.25) is 0 Å². The molecule has 19 heavy (non-hydrogen) atoms. The van der Waals surface area contributed by atoms with Crippen LogP contribution in [0.15, 0.2) is 36.5 Å². The molecule has 2 rings (SSSR count). The van der Waals surface area contributed by atoms with E-state index in [1.165, 1.54) is 0 Å². The van der Waals surface area contributed by atoms with Gasteiger partial charge in [0.05, 0.1) is 11.1 Å². The lowest BCUT2D eigenvalue weighted by atomic mass is 10.1. The summed E-state index contributed by atoms with van der Waals surface area (Å²) < 4.78 is 0.620. The Balaban J connectivity index is 0.000000258. The first-order chi connectivity index (χ1) is 8.93. The van der Waals surface area contributed by atoms with Gasteiger partial charge < -0.3 is 10.0 Å². The summed E-state index contributed by atoms with van der Waals surface area (Å²) in [4.78, 5) is 16.6. The highest BCUT2D eigenvalue weighted by Gasteiger charge is 2.07. The van der Waals surface area contributed by atoms with Crippen LogP contribution in [0.2, 0.25) is 0 Å². The second kappa shape index (κ2) is 7.06. The average Bonchev–Trinajstić information content (AvgIpc) is 2.38. The van der Waals surface area contributed by atoms with Crippen LogP contribution in [0.4, 0.5) is 0 Å². The molecule has 0 aliphatic carbocycles. The lowest BCUT2D eigenvalue weighted by molar-refractivity contribution is 0.0699. The fraction of sp³-hybridized carbons (Fsp3) is 0.154. The summed E-state index contributed by atoms with van der Waals surface area (Å²) in [6.07, 6.45) is 1.59. The van der Waals surface area contributed by atoms with Gasteiger partial charge in [-0.1, -0.05) is 30.4 Å². The highest BCUT2D eigenvalue weighted by Crippen LogP contribution is 2.15. The molecule has 0 radical (unpaired) electrons. The Morgan fingerprint density at radius 2 is 1.89 bits per heavy atom. The topological polar surface area (TPSA) is 53.4 Å². The average molecular weight is 294 g/mol. The number of pyridine rings is 1. The number of hydrogen-bond donors (Lipinski definition) is 2. The molecule has 100 valence electrons. The maximum absolute atomic E-state index is 10.8. The number of carbonyl (C=O) groups is 1. The highest BCUT2D eigenvalue weighted by molar-refractivity contribution is 8.10. The SMILES string of the molecule is CN(C)C(=S)S.O=C(O)c1cccc2cccnc12. The van der Waals surface area contributed by atoms with Gasteiger partial charge in [-0.25, -0.2) is 4.79 Å². The number of fused-ring (bicyclic) bond motifs is 1. The molecule has 1 heterocycles. The molecule has 2 aromatic rings. The van der Waals surface area contributed by atoms with Crippen LogP contribution in [-0.2, 0) is 0 Å². The van der Waals surface area contributed by atoms with E-state index in [-0.39, 0.29) is 5.56 Å². The highest BCUT2D eigenvalue weighted by atomic mass is 32.1. The second-order valence-electron chi connectivity index (χ2n) is 3.86. The molecule has 0 saturated heterocycles. The largest absolute Gasteiger partial charge is 0.478 e. The van der Waals surface area contributed by atoms with E-state index in [9.17, 15) is 4.79 Å². The fourth-order valence-corrected chi connectivity index (χ4v) is 1.28. The normalized spacial score (nSPS) is 9.42. The number of nitrogens with zero attached hydrogens (tertiary/aromatic N) is 2. The molecule has 1 aromatic carbocycles. The molecule has 0 unspecified atom stereocenters. The first kappa shape index (κ1) is 15.4. The van der Waals surface area contributed by atoms with Crippen molar-refractivity contribution in [2.24, 2.45) is 0 Å². The van der Waals surface area contributed by atoms with Crippen molar-refractivity contribution in [3.05, 3.63) is 42.1 Å². The Labute approximate surface area is 122 Å². The minimum atomic E-state index is -0.940.